The monoisotopic (exact) mass is 373 g/mol. The van der Waals surface area contributed by atoms with Gasteiger partial charge in [0.05, 0.1) is 6.54 Å². The summed E-state index contributed by atoms with van der Waals surface area (Å²) in [7, 11) is 3.62. The number of piperidine rings is 1. The number of amides is 1. The zero-order chi connectivity index (χ0) is 19.6. The number of nitrogens with one attached hydrogen (secondary N) is 2. The first-order valence-corrected chi connectivity index (χ1v) is 10.0. The average Bonchev–Trinajstić information content (AvgIpc) is 2.65. The number of guanidine groups is 1. The molecule has 0 radical (unpaired) electrons. The van der Waals surface area contributed by atoms with Gasteiger partial charge < -0.3 is 15.5 Å². The summed E-state index contributed by atoms with van der Waals surface area (Å²) in [5.74, 6) is 1.07. The fourth-order valence-electron chi connectivity index (χ4n) is 3.13. The number of aryl methyl sites for hydroxylation is 1. The largest absolute Gasteiger partial charge is 0.357 e. The minimum atomic E-state index is 0.174. The van der Waals surface area contributed by atoms with Gasteiger partial charge in [0, 0.05) is 46.3 Å². The molecule has 1 fully saturated rings. The molecule has 1 aromatic rings. The summed E-state index contributed by atoms with van der Waals surface area (Å²) >= 11 is 0. The van der Waals surface area contributed by atoms with Gasteiger partial charge in [-0.3, -0.25) is 14.7 Å². The molecule has 1 amide bonds. The molecule has 27 heavy (non-hydrogen) atoms. The quantitative estimate of drug-likeness (QED) is 0.564. The van der Waals surface area contributed by atoms with Gasteiger partial charge in [0.1, 0.15) is 0 Å². The van der Waals surface area contributed by atoms with Gasteiger partial charge in [0.2, 0.25) is 5.91 Å². The lowest BCUT2D eigenvalue weighted by Crippen LogP contribution is -2.50. The fraction of sp³-hybridized carbons (Fsp3) is 0.619. The minimum absolute atomic E-state index is 0.174. The second-order valence-electron chi connectivity index (χ2n) is 7.48. The van der Waals surface area contributed by atoms with E-state index in [1.165, 1.54) is 11.1 Å². The van der Waals surface area contributed by atoms with Gasteiger partial charge in [0.25, 0.3) is 0 Å². The van der Waals surface area contributed by atoms with Gasteiger partial charge in [-0.25, -0.2) is 0 Å². The smallest absolute Gasteiger partial charge is 0.236 e. The highest BCUT2D eigenvalue weighted by Gasteiger charge is 2.21. The van der Waals surface area contributed by atoms with E-state index in [1.807, 2.05) is 14.1 Å². The van der Waals surface area contributed by atoms with Crippen LogP contribution >= 0.6 is 0 Å². The number of likely N-dealkylation sites (N-methyl/N-ethyl adjacent to an activating group) is 1. The summed E-state index contributed by atoms with van der Waals surface area (Å²) in [6.07, 6.45) is 3.01. The standard InChI is InChI=1S/C21H35N5O/c1-5-22-21(23-13-10-18-8-6-17(2)7-9-18)24-19-11-14-26(15-12-19)16-20(27)25(3)4/h6-9,19H,5,10-16H2,1-4H3,(H2,22,23,24). The Bertz CT molecular complexity index is 604. The van der Waals surface area contributed by atoms with Crippen LogP contribution in [-0.4, -0.2) is 74.5 Å². The lowest BCUT2D eigenvalue weighted by atomic mass is 10.1. The van der Waals surface area contributed by atoms with Crippen LogP contribution < -0.4 is 10.6 Å². The van der Waals surface area contributed by atoms with E-state index in [9.17, 15) is 4.79 Å². The molecule has 1 aromatic carbocycles. The van der Waals surface area contributed by atoms with Crippen LogP contribution in [0.4, 0.5) is 0 Å². The van der Waals surface area contributed by atoms with Crippen molar-refractivity contribution in [2.45, 2.75) is 39.2 Å². The maximum atomic E-state index is 11.8. The predicted molar refractivity (Wildman–Crippen MR) is 112 cm³/mol. The lowest BCUT2D eigenvalue weighted by molar-refractivity contribution is -0.130. The number of hydrogen-bond donors (Lipinski definition) is 2. The van der Waals surface area contributed by atoms with Crippen molar-refractivity contribution in [2.75, 3.05) is 46.8 Å². The molecule has 0 aliphatic carbocycles. The fourth-order valence-corrected chi connectivity index (χ4v) is 3.13. The van der Waals surface area contributed by atoms with E-state index in [-0.39, 0.29) is 5.91 Å². The first-order valence-electron chi connectivity index (χ1n) is 10.0. The molecule has 6 nitrogen and oxygen atoms in total. The summed E-state index contributed by atoms with van der Waals surface area (Å²) in [5, 5.41) is 6.91. The molecule has 0 aromatic heterocycles. The van der Waals surface area contributed by atoms with Crippen molar-refractivity contribution in [1.82, 2.24) is 20.4 Å². The maximum Gasteiger partial charge on any atom is 0.236 e. The van der Waals surface area contributed by atoms with Gasteiger partial charge in [0.15, 0.2) is 5.96 Å². The van der Waals surface area contributed by atoms with Gasteiger partial charge in [-0.1, -0.05) is 29.8 Å². The zero-order valence-electron chi connectivity index (χ0n) is 17.3. The van der Waals surface area contributed by atoms with Gasteiger partial charge >= 0.3 is 0 Å². The molecule has 150 valence electrons. The Morgan fingerprint density at radius 2 is 1.89 bits per heavy atom. The molecular formula is C21H35N5O. The molecule has 6 heteroatoms. The third kappa shape index (κ3) is 7.59. The molecule has 0 atom stereocenters. The number of carbonyl (C=O) groups excluding carboxylic acids is 1. The lowest BCUT2D eigenvalue weighted by Gasteiger charge is -2.33. The third-order valence-electron chi connectivity index (χ3n) is 4.92. The van der Waals surface area contributed by atoms with Crippen molar-refractivity contribution in [1.29, 1.82) is 0 Å². The number of rotatable bonds is 7. The third-order valence-corrected chi connectivity index (χ3v) is 4.92. The second-order valence-corrected chi connectivity index (χ2v) is 7.48. The molecule has 2 N–H and O–H groups in total. The van der Waals surface area contributed by atoms with Gasteiger partial charge in [-0.15, -0.1) is 0 Å². The second kappa shape index (κ2) is 10.9. The number of carbonyl (C=O) groups is 1. The first kappa shape index (κ1) is 21.2. The van der Waals surface area contributed by atoms with Gasteiger partial charge in [-0.05, 0) is 38.7 Å². The topological polar surface area (TPSA) is 60.0 Å². The summed E-state index contributed by atoms with van der Waals surface area (Å²) in [6, 6.07) is 9.06. The van der Waals surface area contributed by atoms with E-state index in [0.717, 1.165) is 51.4 Å². The molecule has 1 aliphatic rings. The Labute approximate surface area is 164 Å². The first-order chi connectivity index (χ1) is 13.0. The molecule has 0 saturated carbocycles. The van der Waals surface area contributed by atoms with Crippen molar-refractivity contribution < 1.29 is 4.79 Å². The van der Waals surface area contributed by atoms with Crippen LogP contribution in [0.25, 0.3) is 0 Å². The average molecular weight is 374 g/mol. The van der Waals surface area contributed by atoms with Crippen LogP contribution in [0.2, 0.25) is 0 Å². The van der Waals surface area contributed by atoms with Crippen LogP contribution in [0.5, 0.6) is 0 Å². The van der Waals surface area contributed by atoms with Crippen molar-refractivity contribution in [3.05, 3.63) is 35.4 Å². The van der Waals surface area contributed by atoms with Crippen LogP contribution in [0, 0.1) is 6.92 Å². The molecule has 1 aliphatic heterocycles. The Hall–Kier alpha value is -2.08. The van der Waals surface area contributed by atoms with Crippen LogP contribution in [0.1, 0.15) is 30.9 Å². The van der Waals surface area contributed by atoms with E-state index in [0.29, 0.717) is 12.6 Å². The summed E-state index contributed by atoms with van der Waals surface area (Å²) in [6.45, 7) is 8.23. The number of benzene rings is 1. The Morgan fingerprint density at radius 3 is 2.48 bits per heavy atom. The number of likely N-dealkylation sites (tertiary alicyclic amines) is 1. The Morgan fingerprint density at radius 1 is 1.22 bits per heavy atom. The van der Waals surface area contributed by atoms with Crippen LogP contribution in [0.15, 0.2) is 29.3 Å². The van der Waals surface area contributed by atoms with Crippen molar-refractivity contribution in [3.63, 3.8) is 0 Å². The molecule has 0 unspecified atom stereocenters. The summed E-state index contributed by atoms with van der Waals surface area (Å²) in [5.41, 5.74) is 2.61. The summed E-state index contributed by atoms with van der Waals surface area (Å²) < 4.78 is 0. The zero-order valence-corrected chi connectivity index (χ0v) is 17.3. The van der Waals surface area contributed by atoms with Crippen molar-refractivity contribution in [2.24, 2.45) is 4.99 Å². The van der Waals surface area contributed by atoms with E-state index in [4.69, 9.17) is 4.99 Å². The van der Waals surface area contributed by atoms with E-state index in [2.05, 4.69) is 53.6 Å². The SMILES string of the molecule is CCNC(=NCCc1ccc(C)cc1)NC1CCN(CC(=O)N(C)C)CC1. The van der Waals surface area contributed by atoms with Crippen molar-refractivity contribution in [3.8, 4) is 0 Å². The summed E-state index contributed by atoms with van der Waals surface area (Å²) in [4.78, 5) is 20.5. The van der Waals surface area contributed by atoms with Gasteiger partial charge in [-0.2, -0.15) is 0 Å². The maximum absolute atomic E-state index is 11.8. The van der Waals surface area contributed by atoms with Crippen molar-refractivity contribution >= 4 is 11.9 Å². The van der Waals surface area contributed by atoms with E-state index in [1.54, 1.807) is 4.90 Å². The molecule has 1 saturated heterocycles. The Kier molecular flexibility index (Phi) is 8.58. The number of hydrogen-bond acceptors (Lipinski definition) is 3. The molecule has 2 rings (SSSR count). The Balaban J connectivity index is 1.78. The molecule has 1 heterocycles. The van der Waals surface area contributed by atoms with E-state index >= 15 is 0 Å². The predicted octanol–water partition coefficient (Wildman–Crippen LogP) is 1.65. The van der Waals surface area contributed by atoms with Crippen LogP contribution in [0.3, 0.4) is 0 Å². The van der Waals surface area contributed by atoms with Crippen LogP contribution in [-0.2, 0) is 11.2 Å². The molecule has 0 bridgehead atoms. The highest BCUT2D eigenvalue weighted by molar-refractivity contribution is 5.80. The normalized spacial score (nSPS) is 16.2. The molecular weight excluding hydrogens is 338 g/mol. The van der Waals surface area contributed by atoms with E-state index < -0.39 is 0 Å². The highest BCUT2D eigenvalue weighted by atomic mass is 16.2. The number of aliphatic imine (C=N–C) groups is 1. The number of nitrogens with zero attached hydrogens (tertiary/aromatic N) is 3. The highest BCUT2D eigenvalue weighted by Crippen LogP contribution is 2.10. The molecule has 0 spiro atoms. The minimum Gasteiger partial charge on any atom is -0.357 e.